The number of aromatic amines is 1. The molecular weight excluding hydrogens is 176 g/mol. The van der Waals surface area contributed by atoms with Gasteiger partial charge in [-0.05, 0) is 20.8 Å². The molecule has 0 aliphatic carbocycles. The van der Waals surface area contributed by atoms with Gasteiger partial charge in [0, 0.05) is 25.0 Å². The molecule has 0 unspecified atom stereocenters. The highest BCUT2D eigenvalue weighted by molar-refractivity contribution is 5.00. The minimum absolute atomic E-state index is 0.310. The molecule has 0 spiro atoms. The van der Waals surface area contributed by atoms with Crippen molar-refractivity contribution in [3.05, 3.63) is 17.7 Å². The molecular formula is C10H16N4. The van der Waals surface area contributed by atoms with Gasteiger partial charge in [-0.1, -0.05) is 0 Å². The first-order valence-electron chi connectivity index (χ1n) is 4.66. The summed E-state index contributed by atoms with van der Waals surface area (Å²) in [5, 5.41) is 12.0. The average Bonchev–Trinajstić information content (AvgIpc) is 2.51. The Morgan fingerprint density at radius 1 is 1.64 bits per heavy atom. The summed E-state index contributed by atoms with van der Waals surface area (Å²) in [5.74, 6) is 0.918. The van der Waals surface area contributed by atoms with Gasteiger partial charge < -0.3 is 10.3 Å². The van der Waals surface area contributed by atoms with Gasteiger partial charge in [-0.3, -0.25) is 0 Å². The predicted molar refractivity (Wildman–Crippen MR) is 54.4 cm³/mol. The van der Waals surface area contributed by atoms with E-state index in [2.05, 4.69) is 21.4 Å². The van der Waals surface area contributed by atoms with Gasteiger partial charge in [0.15, 0.2) is 0 Å². The fourth-order valence-corrected chi connectivity index (χ4v) is 1.11. The minimum Gasteiger partial charge on any atom is -0.345 e. The van der Waals surface area contributed by atoms with Crippen molar-refractivity contribution in [2.75, 3.05) is 6.54 Å². The lowest BCUT2D eigenvalue weighted by atomic mass is 9.96. The van der Waals surface area contributed by atoms with Gasteiger partial charge in [-0.15, -0.1) is 0 Å². The van der Waals surface area contributed by atoms with Crippen molar-refractivity contribution in [3.8, 4) is 6.07 Å². The molecule has 0 radical (unpaired) electrons. The van der Waals surface area contributed by atoms with Crippen molar-refractivity contribution < 1.29 is 0 Å². The lowest BCUT2D eigenvalue weighted by molar-refractivity contribution is 0.443. The fraction of sp³-hybridized carbons (Fsp3) is 0.600. The Bertz CT molecular complexity index is 332. The van der Waals surface area contributed by atoms with Crippen molar-refractivity contribution in [2.24, 2.45) is 5.41 Å². The Balaban J connectivity index is 2.33. The number of rotatable bonds is 4. The molecule has 14 heavy (non-hydrogen) atoms. The molecule has 0 saturated carbocycles. The van der Waals surface area contributed by atoms with Crippen LogP contribution in [0.3, 0.4) is 0 Å². The first kappa shape index (κ1) is 10.7. The zero-order valence-electron chi connectivity index (χ0n) is 8.89. The van der Waals surface area contributed by atoms with Gasteiger partial charge >= 0.3 is 0 Å². The van der Waals surface area contributed by atoms with Gasteiger partial charge in [0.2, 0.25) is 0 Å². The van der Waals surface area contributed by atoms with Crippen LogP contribution in [0.15, 0.2) is 6.20 Å². The van der Waals surface area contributed by atoms with Crippen LogP contribution in [0.1, 0.15) is 25.4 Å². The third-order valence-electron chi connectivity index (χ3n) is 1.94. The number of imidazole rings is 1. The number of hydrogen-bond donors (Lipinski definition) is 2. The van der Waals surface area contributed by atoms with Crippen LogP contribution >= 0.6 is 0 Å². The van der Waals surface area contributed by atoms with Crippen LogP contribution in [0.25, 0.3) is 0 Å². The average molecular weight is 192 g/mol. The molecule has 0 saturated heterocycles. The van der Waals surface area contributed by atoms with Crippen molar-refractivity contribution >= 4 is 0 Å². The van der Waals surface area contributed by atoms with Crippen LogP contribution in [-0.2, 0) is 6.54 Å². The van der Waals surface area contributed by atoms with E-state index in [1.165, 1.54) is 0 Å². The number of aromatic nitrogens is 2. The summed E-state index contributed by atoms with van der Waals surface area (Å²) in [6.45, 7) is 7.16. The highest BCUT2D eigenvalue weighted by Crippen LogP contribution is 2.10. The largest absolute Gasteiger partial charge is 0.345 e. The van der Waals surface area contributed by atoms with Gasteiger partial charge in [0.1, 0.15) is 5.82 Å². The van der Waals surface area contributed by atoms with Crippen molar-refractivity contribution in [2.45, 2.75) is 27.3 Å². The van der Waals surface area contributed by atoms with Gasteiger partial charge in [-0.25, -0.2) is 4.98 Å². The number of hydrogen-bond acceptors (Lipinski definition) is 3. The van der Waals surface area contributed by atoms with Gasteiger partial charge in [-0.2, -0.15) is 5.26 Å². The summed E-state index contributed by atoms with van der Waals surface area (Å²) in [6.07, 6.45) is 1.81. The summed E-state index contributed by atoms with van der Waals surface area (Å²) in [4.78, 5) is 7.22. The summed E-state index contributed by atoms with van der Waals surface area (Å²) < 4.78 is 0. The van der Waals surface area contributed by atoms with Crippen molar-refractivity contribution in [1.82, 2.24) is 15.3 Å². The van der Waals surface area contributed by atoms with Crippen LogP contribution in [0.5, 0.6) is 0 Å². The molecule has 0 aliphatic heterocycles. The maximum absolute atomic E-state index is 8.79. The second kappa shape index (κ2) is 4.25. The van der Waals surface area contributed by atoms with E-state index in [9.17, 15) is 0 Å². The molecule has 1 aromatic heterocycles. The van der Waals surface area contributed by atoms with E-state index in [1.54, 1.807) is 0 Å². The Hall–Kier alpha value is -1.34. The van der Waals surface area contributed by atoms with Crippen molar-refractivity contribution in [3.63, 3.8) is 0 Å². The molecule has 76 valence electrons. The smallest absolute Gasteiger partial charge is 0.103 e. The molecule has 1 aromatic rings. The molecule has 4 heteroatoms. The first-order chi connectivity index (χ1) is 6.53. The van der Waals surface area contributed by atoms with Crippen LogP contribution in [0.2, 0.25) is 0 Å². The zero-order valence-corrected chi connectivity index (χ0v) is 8.89. The fourth-order valence-electron chi connectivity index (χ4n) is 1.11. The van der Waals surface area contributed by atoms with E-state index in [0.717, 1.165) is 18.1 Å². The Morgan fingerprint density at radius 3 is 2.86 bits per heavy atom. The SMILES string of the molecule is Cc1ncc(CNCC(C)(C)C#N)[nH]1. The number of aryl methyl sites for hydroxylation is 1. The van der Waals surface area contributed by atoms with Crippen LogP contribution < -0.4 is 5.32 Å². The maximum Gasteiger partial charge on any atom is 0.103 e. The predicted octanol–water partition coefficient (Wildman–Crippen LogP) is 1.36. The summed E-state index contributed by atoms with van der Waals surface area (Å²) in [5.41, 5.74) is 0.742. The molecule has 0 aliphatic rings. The third kappa shape index (κ3) is 3.19. The molecule has 0 amide bonds. The van der Waals surface area contributed by atoms with Crippen molar-refractivity contribution in [1.29, 1.82) is 5.26 Å². The number of nitrogens with zero attached hydrogens (tertiary/aromatic N) is 2. The standard InChI is InChI=1S/C10H16N4/c1-8-13-5-9(14-8)4-12-7-10(2,3)6-11/h5,12H,4,7H2,1-3H3,(H,13,14). The van der Waals surface area contributed by atoms with Crippen LogP contribution in [0, 0.1) is 23.7 Å². The Labute approximate surface area is 84.4 Å². The zero-order chi connectivity index (χ0) is 10.6. The first-order valence-corrected chi connectivity index (χ1v) is 4.66. The van der Waals surface area contributed by atoms with Crippen LogP contribution in [-0.4, -0.2) is 16.5 Å². The molecule has 0 aromatic carbocycles. The quantitative estimate of drug-likeness (QED) is 0.757. The highest BCUT2D eigenvalue weighted by atomic mass is 15.0. The number of nitriles is 1. The normalized spacial score (nSPS) is 11.3. The third-order valence-corrected chi connectivity index (χ3v) is 1.94. The molecule has 0 bridgehead atoms. The Morgan fingerprint density at radius 2 is 2.36 bits per heavy atom. The second-order valence-corrected chi connectivity index (χ2v) is 4.09. The van der Waals surface area contributed by atoms with Gasteiger partial charge in [0.25, 0.3) is 0 Å². The minimum atomic E-state index is -0.310. The lowest BCUT2D eigenvalue weighted by Gasteiger charge is -2.15. The molecule has 0 atom stereocenters. The number of nitrogens with one attached hydrogen (secondary N) is 2. The monoisotopic (exact) mass is 192 g/mol. The van der Waals surface area contributed by atoms with E-state index in [0.29, 0.717) is 6.54 Å². The van der Waals surface area contributed by atoms with Gasteiger partial charge in [0.05, 0.1) is 11.5 Å². The number of H-pyrrole nitrogens is 1. The summed E-state index contributed by atoms with van der Waals surface area (Å²) in [7, 11) is 0. The topological polar surface area (TPSA) is 64.5 Å². The van der Waals surface area contributed by atoms with Crippen LogP contribution in [0.4, 0.5) is 0 Å². The molecule has 2 N–H and O–H groups in total. The lowest BCUT2D eigenvalue weighted by Crippen LogP contribution is -2.27. The second-order valence-electron chi connectivity index (χ2n) is 4.09. The van der Waals surface area contributed by atoms with E-state index in [4.69, 9.17) is 5.26 Å². The summed E-state index contributed by atoms with van der Waals surface area (Å²) >= 11 is 0. The molecule has 1 rings (SSSR count). The molecule has 1 heterocycles. The molecule has 4 nitrogen and oxygen atoms in total. The molecule has 0 fully saturated rings. The Kier molecular flexibility index (Phi) is 3.26. The van der Waals surface area contributed by atoms with E-state index in [1.807, 2.05) is 27.0 Å². The summed E-state index contributed by atoms with van der Waals surface area (Å²) in [6, 6.07) is 2.24. The highest BCUT2D eigenvalue weighted by Gasteiger charge is 2.15. The van der Waals surface area contributed by atoms with E-state index in [-0.39, 0.29) is 5.41 Å². The van der Waals surface area contributed by atoms with E-state index >= 15 is 0 Å². The maximum atomic E-state index is 8.79. The van der Waals surface area contributed by atoms with E-state index < -0.39 is 0 Å².